The molecule has 0 spiro atoms. The first-order valence-corrected chi connectivity index (χ1v) is 4.77. The van der Waals surface area contributed by atoms with Gasteiger partial charge in [-0.15, -0.1) is 0 Å². The highest BCUT2D eigenvalue weighted by Crippen LogP contribution is 2.13. The van der Waals surface area contributed by atoms with Gasteiger partial charge in [0, 0.05) is 19.4 Å². The maximum absolute atomic E-state index is 11.0. The van der Waals surface area contributed by atoms with Crippen LogP contribution in [0.5, 0.6) is 0 Å². The first-order valence-electron chi connectivity index (χ1n) is 4.77. The summed E-state index contributed by atoms with van der Waals surface area (Å²) in [5, 5.41) is 2.77. The molecule has 1 heterocycles. The van der Waals surface area contributed by atoms with E-state index in [1.165, 1.54) is 13.0 Å². The number of hydrogen-bond acceptors (Lipinski definition) is 3. The molecular formula is C10H15NO3. The molecule has 1 amide bonds. The maximum Gasteiger partial charge on any atom is 0.330 e. The van der Waals surface area contributed by atoms with E-state index in [4.69, 9.17) is 4.74 Å². The van der Waals surface area contributed by atoms with Crippen molar-refractivity contribution in [3.8, 4) is 0 Å². The molecule has 1 aliphatic rings. The highest BCUT2D eigenvalue weighted by molar-refractivity contribution is 5.83. The Morgan fingerprint density at radius 1 is 1.79 bits per heavy atom. The summed E-state index contributed by atoms with van der Waals surface area (Å²) in [6, 6.07) is -0.0820. The zero-order valence-electron chi connectivity index (χ0n) is 8.45. The van der Waals surface area contributed by atoms with Crippen molar-refractivity contribution in [3.63, 3.8) is 0 Å². The van der Waals surface area contributed by atoms with Crippen molar-refractivity contribution in [2.24, 2.45) is 0 Å². The molecule has 2 atom stereocenters. The third-order valence-corrected chi connectivity index (χ3v) is 2.17. The summed E-state index contributed by atoms with van der Waals surface area (Å²) in [4.78, 5) is 21.8. The van der Waals surface area contributed by atoms with Crippen molar-refractivity contribution in [1.29, 1.82) is 0 Å². The van der Waals surface area contributed by atoms with E-state index in [-0.39, 0.29) is 24.0 Å². The van der Waals surface area contributed by atoms with E-state index >= 15 is 0 Å². The molecule has 4 heteroatoms. The second-order valence-corrected chi connectivity index (χ2v) is 3.33. The highest BCUT2D eigenvalue weighted by atomic mass is 16.5. The fourth-order valence-electron chi connectivity index (χ4n) is 1.50. The number of cyclic esters (lactones) is 1. The van der Waals surface area contributed by atoms with Crippen molar-refractivity contribution >= 4 is 11.9 Å². The van der Waals surface area contributed by atoms with Crippen LogP contribution in [0.15, 0.2) is 12.2 Å². The normalized spacial score (nSPS) is 22.7. The molecule has 4 nitrogen and oxygen atoms in total. The first kappa shape index (κ1) is 10.8. The second-order valence-electron chi connectivity index (χ2n) is 3.33. The Morgan fingerprint density at radius 3 is 3.00 bits per heavy atom. The van der Waals surface area contributed by atoms with Crippen LogP contribution in [0.3, 0.4) is 0 Å². The molecule has 14 heavy (non-hydrogen) atoms. The minimum Gasteiger partial charge on any atom is -0.457 e. The predicted octanol–water partition coefficient (Wildman–Crippen LogP) is 0.773. The average molecular weight is 197 g/mol. The minimum absolute atomic E-state index is 0.0820. The van der Waals surface area contributed by atoms with Crippen LogP contribution in [0.2, 0.25) is 0 Å². The van der Waals surface area contributed by atoms with Gasteiger partial charge in [0.15, 0.2) is 0 Å². The number of ether oxygens (including phenoxy) is 1. The maximum atomic E-state index is 11.0. The minimum atomic E-state index is -0.329. The third kappa shape index (κ3) is 2.87. The van der Waals surface area contributed by atoms with Gasteiger partial charge in [-0.05, 0) is 6.42 Å². The first-order chi connectivity index (χ1) is 6.63. The van der Waals surface area contributed by atoms with Crippen LogP contribution in [0.1, 0.15) is 26.7 Å². The van der Waals surface area contributed by atoms with E-state index in [0.717, 1.165) is 6.42 Å². The van der Waals surface area contributed by atoms with Crippen molar-refractivity contribution in [2.75, 3.05) is 0 Å². The second kappa shape index (κ2) is 4.79. The molecule has 1 unspecified atom stereocenters. The molecule has 1 aliphatic heterocycles. The van der Waals surface area contributed by atoms with Crippen LogP contribution < -0.4 is 5.32 Å². The van der Waals surface area contributed by atoms with E-state index in [1.54, 1.807) is 6.08 Å². The lowest BCUT2D eigenvalue weighted by molar-refractivity contribution is -0.146. The topological polar surface area (TPSA) is 55.4 Å². The molecule has 1 rings (SSSR count). The zero-order chi connectivity index (χ0) is 10.6. The molecule has 78 valence electrons. The Kier molecular flexibility index (Phi) is 3.68. The third-order valence-electron chi connectivity index (χ3n) is 2.17. The molecule has 0 saturated carbocycles. The lowest BCUT2D eigenvalue weighted by atomic mass is 10.0. The van der Waals surface area contributed by atoms with Gasteiger partial charge in [-0.25, -0.2) is 4.79 Å². The summed E-state index contributed by atoms with van der Waals surface area (Å²) in [6.07, 6.45) is 4.40. The molecule has 0 aromatic rings. The van der Waals surface area contributed by atoms with E-state index in [1.807, 2.05) is 6.92 Å². The smallest absolute Gasteiger partial charge is 0.330 e. The summed E-state index contributed by atoms with van der Waals surface area (Å²) in [6.45, 7) is 3.41. The number of carbonyl (C=O) groups excluding carboxylic acids is 2. The van der Waals surface area contributed by atoms with Crippen molar-refractivity contribution < 1.29 is 14.3 Å². The number of rotatable bonds is 3. The van der Waals surface area contributed by atoms with Gasteiger partial charge in [-0.2, -0.15) is 0 Å². The Balaban J connectivity index is 2.56. The van der Waals surface area contributed by atoms with Crippen molar-refractivity contribution in [1.82, 2.24) is 5.32 Å². The van der Waals surface area contributed by atoms with Crippen molar-refractivity contribution in [3.05, 3.63) is 12.2 Å². The molecule has 0 aromatic heterocycles. The monoisotopic (exact) mass is 197 g/mol. The lowest BCUT2D eigenvalue weighted by Crippen LogP contribution is -2.44. The van der Waals surface area contributed by atoms with Gasteiger partial charge in [0.05, 0.1) is 6.04 Å². The van der Waals surface area contributed by atoms with E-state index < -0.39 is 0 Å². The van der Waals surface area contributed by atoms with Gasteiger partial charge < -0.3 is 10.1 Å². The summed E-state index contributed by atoms with van der Waals surface area (Å²) in [5.74, 6) is -0.424. The summed E-state index contributed by atoms with van der Waals surface area (Å²) >= 11 is 0. The zero-order valence-corrected chi connectivity index (χ0v) is 8.45. The van der Waals surface area contributed by atoms with Crippen LogP contribution in [0.4, 0.5) is 0 Å². The molecule has 0 aliphatic carbocycles. The van der Waals surface area contributed by atoms with Crippen LogP contribution in [0.25, 0.3) is 0 Å². The van der Waals surface area contributed by atoms with Gasteiger partial charge in [0.1, 0.15) is 6.10 Å². The summed E-state index contributed by atoms with van der Waals surface area (Å²) in [7, 11) is 0. The van der Waals surface area contributed by atoms with Gasteiger partial charge in [0.25, 0.3) is 0 Å². The van der Waals surface area contributed by atoms with E-state index in [2.05, 4.69) is 5.32 Å². The Morgan fingerprint density at radius 2 is 2.50 bits per heavy atom. The van der Waals surface area contributed by atoms with Crippen LogP contribution in [0, 0.1) is 0 Å². The van der Waals surface area contributed by atoms with Gasteiger partial charge in [-0.1, -0.05) is 13.0 Å². The number of amides is 1. The highest BCUT2D eigenvalue weighted by Gasteiger charge is 2.25. The van der Waals surface area contributed by atoms with E-state index in [0.29, 0.717) is 6.42 Å². The standard InChI is InChI=1S/C10H15NO3/c1-3-8(11-7(2)12)9-5-4-6-10(13)14-9/h4,6,8-9H,3,5H2,1-2H3,(H,11,12)/t8?,9-/m0/s1. The Labute approximate surface area is 83.3 Å². The number of hydrogen-bond donors (Lipinski definition) is 1. The van der Waals surface area contributed by atoms with Crippen LogP contribution in [-0.2, 0) is 14.3 Å². The van der Waals surface area contributed by atoms with Gasteiger partial charge >= 0.3 is 5.97 Å². The Hall–Kier alpha value is -1.32. The predicted molar refractivity (Wildman–Crippen MR) is 51.5 cm³/mol. The lowest BCUT2D eigenvalue weighted by Gasteiger charge is -2.27. The summed E-state index contributed by atoms with van der Waals surface area (Å²) in [5.41, 5.74) is 0. The van der Waals surface area contributed by atoms with Crippen LogP contribution in [-0.4, -0.2) is 24.0 Å². The molecule has 0 aromatic carbocycles. The molecular weight excluding hydrogens is 182 g/mol. The van der Waals surface area contributed by atoms with Crippen molar-refractivity contribution in [2.45, 2.75) is 38.8 Å². The molecule has 1 N–H and O–H groups in total. The number of nitrogens with one attached hydrogen (secondary N) is 1. The SMILES string of the molecule is CCC(NC(C)=O)[C@@H]1CC=CC(=O)O1. The fraction of sp³-hybridized carbons (Fsp3) is 0.600. The number of esters is 1. The fourth-order valence-corrected chi connectivity index (χ4v) is 1.50. The largest absolute Gasteiger partial charge is 0.457 e. The molecule has 0 fully saturated rings. The molecule has 0 radical (unpaired) electrons. The van der Waals surface area contributed by atoms with Crippen LogP contribution >= 0.6 is 0 Å². The van der Waals surface area contributed by atoms with E-state index in [9.17, 15) is 9.59 Å². The Bertz CT molecular complexity index is 260. The average Bonchev–Trinajstić information content (AvgIpc) is 2.14. The summed E-state index contributed by atoms with van der Waals surface area (Å²) < 4.78 is 5.10. The quantitative estimate of drug-likeness (QED) is 0.680. The van der Waals surface area contributed by atoms with Gasteiger partial charge in [0.2, 0.25) is 5.91 Å². The molecule has 0 saturated heterocycles. The molecule has 0 bridgehead atoms. The van der Waals surface area contributed by atoms with Gasteiger partial charge in [-0.3, -0.25) is 4.79 Å². The number of carbonyl (C=O) groups is 2.